The molecule has 68 valence electrons. The van der Waals surface area contributed by atoms with Crippen LogP contribution in [0.1, 0.15) is 38.2 Å². The molecule has 0 spiro atoms. The molecule has 3 nitrogen and oxygen atoms in total. The Labute approximate surface area is 73.1 Å². The second-order valence-electron chi connectivity index (χ2n) is 3.18. The summed E-state index contributed by atoms with van der Waals surface area (Å²) in [6.45, 7) is 7.15. The summed E-state index contributed by atoms with van der Waals surface area (Å²) in [5.74, 6) is 1.20. The van der Waals surface area contributed by atoms with Crippen molar-refractivity contribution in [3.05, 3.63) is 17.7 Å². The van der Waals surface area contributed by atoms with Gasteiger partial charge in [-0.1, -0.05) is 13.8 Å². The fourth-order valence-electron chi connectivity index (χ4n) is 1.15. The fourth-order valence-corrected chi connectivity index (χ4v) is 1.15. The van der Waals surface area contributed by atoms with Gasteiger partial charge in [-0.3, -0.25) is 0 Å². The van der Waals surface area contributed by atoms with Gasteiger partial charge in [0, 0.05) is 12.7 Å². The summed E-state index contributed by atoms with van der Waals surface area (Å²) < 4.78 is 1.98. The molecule has 0 aliphatic heterocycles. The Morgan fingerprint density at radius 1 is 1.58 bits per heavy atom. The Hall–Kier alpha value is -0.830. The summed E-state index contributed by atoms with van der Waals surface area (Å²) >= 11 is 0. The lowest BCUT2D eigenvalue weighted by molar-refractivity contribution is 0.265. The molecule has 12 heavy (non-hydrogen) atoms. The van der Waals surface area contributed by atoms with Gasteiger partial charge < -0.3 is 9.67 Å². The second kappa shape index (κ2) is 3.72. The number of imidazole rings is 1. The van der Waals surface area contributed by atoms with E-state index in [1.807, 2.05) is 17.7 Å². The van der Waals surface area contributed by atoms with Crippen molar-refractivity contribution in [2.24, 2.45) is 0 Å². The molecule has 0 radical (unpaired) electrons. The lowest BCUT2D eigenvalue weighted by atomic mass is 10.2. The van der Waals surface area contributed by atoms with E-state index in [0.717, 1.165) is 18.1 Å². The first-order chi connectivity index (χ1) is 5.69. The van der Waals surface area contributed by atoms with Crippen LogP contribution in [-0.4, -0.2) is 14.7 Å². The third kappa shape index (κ3) is 1.67. The first-order valence-corrected chi connectivity index (χ1v) is 4.35. The summed E-state index contributed by atoms with van der Waals surface area (Å²) in [4.78, 5) is 4.31. The standard InChI is InChI=1S/C9H16N2O/c1-4-11-5-8(7(2)3)10-9(11)6-12/h5,7,12H,4,6H2,1-3H3. The predicted molar refractivity (Wildman–Crippen MR) is 47.9 cm³/mol. The van der Waals surface area contributed by atoms with Crippen LogP contribution in [0.2, 0.25) is 0 Å². The number of aromatic nitrogens is 2. The van der Waals surface area contributed by atoms with Crippen molar-refractivity contribution in [2.45, 2.75) is 39.8 Å². The highest BCUT2D eigenvalue weighted by Gasteiger charge is 2.07. The quantitative estimate of drug-likeness (QED) is 0.743. The second-order valence-corrected chi connectivity index (χ2v) is 3.18. The van der Waals surface area contributed by atoms with E-state index in [1.54, 1.807) is 0 Å². The van der Waals surface area contributed by atoms with E-state index in [4.69, 9.17) is 5.11 Å². The Balaban J connectivity index is 2.97. The summed E-state index contributed by atoms with van der Waals surface area (Å²) in [6.07, 6.45) is 2.01. The maximum atomic E-state index is 8.96. The van der Waals surface area contributed by atoms with Crippen molar-refractivity contribution in [2.75, 3.05) is 0 Å². The Morgan fingerprint density at radius 3 is 2.58 bits per heavy atom. The molecule has 1 N–H and O–H groups in total. The van der Waals surface area contributed by atoms with E-state index in [-0.39, 0.29) is 6.61 Å². The zero-order valence-electron chi connectivity index (χ0n) is 7.91. The fraction of sp³-hybridized carbons (Fsp3) is 0.667. The van der Waals surface area contributed by atoms with Gasteiger partial charge >= 0.3 is 0 Å². The molecule has 0 unspecified atom stereocenters. The highest BCUT2D eigenvalue weighted by atomic mass is 16.3. The van der Waals surface area contributed by atoms with E-state index in [9.17, 15) is 0 Å². The highest BCUT2D eigenvalue weighted by Crippen LogP contribution is 2.13. The van der Waals surface area contributed by atoms with Gasteiger partial charge in [-0.15, -0.1) is 0 Å². The predicted octanol–water partition coefficient (Wildman–Crippen LogP) is 1.52. The van der Waals surface area contributed by atoms with Gasteiger partial charge in [0.05, 0.1) is 5.69 Å². The molecule has 0 bridgehead atoms. The minimum absolute atomic E-state index is 0.0283. The van der Waals surface area contributed by atoms with E-state index >= 15 is 0 Å². The highest BCUT2D eigenvalue weighted by molar-refractivity contribution is 5.07. The number of aliphatic hydroxyl groups is 1. The van der Waals surface area contributed by atoms with E-state index in [1.165, 1.54) is 0 Å². The molecular formula is C9H16N2O. The van der Waals surface area contributed by atoms with Crippen LogP contribution in [0.25, 0.3) is 0 Å². The molecule has 0 amide bonds. The third-order valence-corrected chi connectivity index (χ3v) is 1.95. The van der Waals surface area contributed by atoms with Crippen molar-refractivity contribution < 1.29 is 5.11 Å². The van der Waals surface area contributed by atoms with Gasteiger partial charge in [0.25, 0.3) is 0 Å². The van der Waals surface area contributed by atoms with Crippen molar-refractivity contribution in [1.29, 1.82) is 0 Å². The minimum atomic E-state index is 0.0283. The topological polar surface area (TPSA) is 38.0 Å². The molecule has 1 aromatic heterocycles. The molecule has 0 atom stereocenters. The van der Waals surface area contributed by atoms with Crippen LogP contribution >= 0.6 is 0 Å². The molecule has 1 heterocycles. The van der Waals surface area contributed by atoms with Crippen LogP contribution in [-0.2, 0) is 13.2 Å². The van der Waals surface area contributed by atoms with Crippen LogP contribution < -0.4 is 0 Å². The number of aliphatic hydroxyl groups excluding tert-OH is 1. The van der Waals surface area contributed by atoms with E-state index in [2.05, 4.69) is 18.8 Å². The Kier molecular flexibility index (Phi) is 2.87. The van der Waals surface area contributed by atoms with E-state index < -0.39 is 0 Å². The van der Waals surface area contributed by atoms with Crippen molar-refractivity contribution in [3.63, 3.8) is 0 Å². The number of aryl methyl sites for hydroxylation is 1. The van der Waals surface area contributed by atoms with Crippen LogP contribution in [0.3, 0.4) is 0 Å². The van der Waals surface area contributed by atoms with Crippen LogP contribution in [0.4, 0.5) is 0 Å². The Morgan fingerprint density at radius 2 is 2.25 bits per heavy atom. The third-order valence-electron chi connectivity index (χ3n) is 1.95. The molecule has 0 aliphatic rings. The normalized spacial score (nSPS) is 11.1. The zero-order valence-corrected chi connectivity index (χ0v) is 7.91. The molecule has 3 heteroatoms. The van der Waals surface area contributed by atoms with Crippen LogP contribution in [0, 0.1) is 0 Å². The van der Waals surface area contributed by atoms with Gasteiger partial charge in [0.15, 0.2) is 0 Å². The molecule has 0 saturated heterocycles. The first-order valence-electron chi connectivity index (χ1n) is 4.35. The smallest absolute Gasteiger partial charge is 0.134 e. The summed E-state index contributed by atoms with van der Waals surface area (Å²) in [7, 11) is 0. The number of rotatable bonds is 3. The molecule has 1 aromatic rings. The molecule has 0 aliphatic carbocycles. The number of hydrogen-bond donors (Lipinski definition) is 1. The van der Waals surface area contributed by atoms with Crippen molar-refractivity contribution >= 4 is 0 Å². The monoisotopic (exact) mass is 168 g/mol. The number of nitrogens with zero attached hydrogens (tertiary/aromatic N) is 2. The van der Waals surface area contributed by atoms with Gasteiger partial charge in [-0.25, -0.2) is 4.98 Å². The average Bonchev–Trinajstić information content (AvgIpc) is 2.46. The van der Waals surface area contributed by atoms with E-state index in [0.29, 0.717) is 5.92 Å². The molecule has 0 aromatic carbocycles. The van der Waals surface area contributed by atoms with Crippen LogP contribution in [0.15, 0.2) is 6.20 Å². The summed E-state index contributed by atoms with van der Waals surface area (Å²) in [5, 5.41) is 8.96. The molecule has 1 rings (SSSR count). The molecule has 0 fully saturated rings. The van der Waals surface area contributed by atoms with Crippen molar-refractivity contribution in [3.8, 4) is 0 Å². The molecular weight excluding hydrogens is 152 g/mol. The van der Waals surface area contributed by atoms with Gasteiger partial charge in [0.2, 0.25) is 0 Å². The lowest BCUT2D eigenvalue weighted by Gasteiger charge is -1.98. The van der Waals surface area contributed by atoms with Gasteiger partial charge in [-0.05, 0) is 12.8 Å². The van der Waals surface area contributed by atoms with Gasteiger partial charge in [0.1, 0.15) is 12.4 Å². The summed E-state index contributed by atoms with van der Waals surface area (Å²) in [5.41, 5.74) is 1.06. The SMILES string of the molecule is CCn1cc(C(C)C)nc1CO. The Bertz CT molecular complexity index is 232. The maximum absolute atomic E-state index is 8.96. The van der Waals surface area contributed by atoms with Gasteiger partial charge in [-0.2, -0.15) is 0 Å². The minimum Gasteiger partial charge on any atom is -0.388 e. The largest absolute Gasteiger partial charge is 0.388 e. The average molecular weight is 168 g/mol. The van der Waals surface area contributed by atoms with Crippen LogP contribution in [0.5, 0.6) is 0 Å². The van der Waals surface area contributed by atoms with Crippen molar-refractivity contribution in [1.82, 2.24) is 9.55 Å². The zero-order chi connectivity index (χ0) is 9.14. The summed E-state index contributed by atoms with van der Waals surface area (Å²) in [6, 6.07) is 0. The maximum Gasteiger partial charge on any atom is 0.134 e. The first kappa shape index (κ1) is 9.26. The number of hydrogen-bond acceptors (Lipinski definition) is 2. The molecule has 0 saturated carbocycles. The lowest BCUT2D eigenvalue weighted by Crippen LogP contribution is -1.99.